The average Bonchev–Trinajstić information content (AvgIpc) is 2.37. The molecule has 0 aliphatic carbocycles. The highest BCUT2D eigenvalue weighted by Crippen LogP contribution is 2.10. The maximum absolute atomic E-state index is 11.8. The molecule has 0 aliphatic rings. The molecular formula is C13H20N2O4S. The molecular weight excluding hydrogens is 280 g/mol. The van der Waals surface area contributed by atoms with Crippen LogP contribution < -0.4 is 4.72 Å². The third-order valence-corrected chi connectivity index (χ3v) is 4.40. The number of hydrogen-bond acceptors (Lipinski definition) is 4. The van der Waals surface area contributed by atoms with E-state index in [0.29, 0.717) is 6.42 Å². The molecule has 0 bridgehead atoms. The molecule has 0 saturated carbocycles. The van der Waals surface area contributed by atoms with Crippen LogP contribution in [0.1, 0.15) is 19.4 Å². The monoisotopic (exact) mass is 300 g/mol. The lowest BCUT2D eigenvalue weighted by atomic mass is 9.97. The number of aromatic nitrogens is 1. The third-order valence-electron chi connectivity index (χ3n) is 3.05. The minimum Gasteiger partial charge on any atom is -0.481 e. The summed E-state index contributed by atoms with van der Waals surface area (Å²) in [5, 5.41) is 9.01. The Bertz CT molecular complexity index is 529. The number of carboxylic acids is 1. The zero-order valence-corrected chi connectivity index (χ0v) is 12.4. The number of aliphatic carboxylic acids is 1. The van der Waals surface area contributed by atoms with Crippen LogP contribution >= 0.6 is 0 Å². The highest BCUT2D eigenvalue weighted by Gasteiger charge is 2.23. The number of nitrogens with zero attached hydrogens (tertiary/aromatic N) is 1. The number of sulfonamides is 1. The highest BCUT2D eigenvalue weighted by molar-refractivity contribution is 7.89. The van der Waals surface area contributed by atoms with Crippen molar-refractivity contribution in [3.63, 3.8) is 0 Å². The summed E-state index contributed by atoms with van der Waals surface area (Å²) in [4.78, 5) is 14.9. The van der Waals surface area contributed by atoms with Gasteiger partial charge < -0.3 is 5.11 Å². The van der Waals surface area contributed by atoms with Gasteiger partial charge in [0.05, 0.1) is 11.7 Å². The van der Waals surface area contributed by atoms with Crippen LogP contribution in [0.15, 0.2) is 24.5 Å². The summed E-state index contributed by atoms with van der Waals surface area (Å²) in [5.74, 6) is -1.90. The lowest BCUT2D eigenvalue weighted by molar-refractivity contribution is -0.142. The van der Waals surface area contributed by atoms with Gasteiger partial charge in [0, 0.05) is 18.9 Å². The zero-order chi connectivity index (χ0) is 15.2. The lowest BCUT2D eigenvalue weighted by Gasteiger charge is -2.16. The number of aryl methyl sites for hydroxylation is 1. The Morgan fingerprint density at radius 2 is 1.95 bits per heavy atom. The maximum atomic E-state index is 11.8. The van der Waals surface area contributed by atoms with Crippen LogP contribution in [0.2, 0.25) is 0 Å². The molecule has 1 rings (SSSR count). The van der Waals surface area contributed by atoms with E-state index in [0.717, 1.165) is 5.56 Å². The molecule has 0 fully saturated rings. The van der Waals surface area contributed by atoms with Crippen molar-refractivity contribution in [2.24, 2.45) is 11.8 Å². The van der Waals surface area contributed by atoms with E-state index in [9.17, 15) is 13.2 Å². The smallest absolute Gasteiger partial charge is 0.308 e. The van der Waals surface area contributed by atoms with Crippen LogP contribution in [0.25, 0.3) is 0 Å². The second-order valence-corrected chi connectivity index (χ2v) is 6.89. The van der Waals surface area contributed by atoms with Crippen LogP contribution in [0, 0.1) is 11.8 Å². The van der Waals surface area contributed by atoms with Gasteiger partial charge in [-0.3, -0.25) is 9.78 Å². The largest absolute Gasteiger partial charge is 0.481 e. The summed E-state index contributed by atoms with van der Waals surface area (Å²) in [6.07, 6.45) is 3.58. The van der Waals surface area contributed by atoms with Gasteiger partial charge in [-0.25, -0.2) is 13.1 Å². The van der Waals surface area contributed by atoms with E-state index >= 15 is 0 Å². The molecule has 20 heavy (non-hydrogen) atoms. The number of carboxylic acid groups (broad SMARTS) is 1. The second-order valence-electron chi connectivity index (χ2n) is 4.96. The summed E-state index contributed by atoms with van der Waals surface area (Å²) in [6.45, 7) is 3.43. The lowest BCUT2D eigenvalue weighted by Crippen LogP contribution is -2.37. The fourth-order valence-electron chi connectivity index (χ4n) is 1.70. The molecule has 7 heteroatoms. The van der Waals surface area contributed by atoms with Crippen molar-refractivity contribution in [1.29, 1.82) is 0 Å². The minimum atomic E-state index is -3.48. The Labute approximate surface area is 119 Å². The summed E-state index contributed by atoms with van der Waals surface area (Å²) >= 11 is 0. The SMILES string of the molecule is CC(C)C(CNS(=O)(=O)CCc1ccncc1)C(=O)O. The summed E-state index contributed by atoms with van der Waals surface area (Å²) in [7, 11) is -3.48. The first-order valence-electron chi connectivity index (χ1n) is 6.41. The van der Waals surface area contributed by atoms with Gasteiger partial charge in [0.2, 0.25) is 10.0 Å². The van der Waals surface area contributed by atoms with Crippen molar-refractivity contribution >= 4 is 16.0 Å². The van der Waals surface area contributed by atoms with Gasteiger partial charge in [-0.15, -0.1) is 0 Å². The Morgan fingerprint density at radius 3 is 2.45 bits per heavy atom. The normalized spacial score (nSPS) is 13.3. The molecule has 0 spiro atoms. The predicted octanol–water partition coefficient (Wildman–Crippen LogP) is 0.900. The van der Waals surface area contributed by atoms with Crippen molar-refractivity contribution in [2.75, 3.05) is 12.3 Å². The number of pyridine rings is 1. The molecule has 6 nitrogen and oxygen atoms in total. The Hall–Kier alpha value is -1.47. The van der Waals surface area contributed by atoms with Crippen molar-refractivity contribution in [3.8, 4) is 0 Å². The molecule has 0 saturated heterocycles. The number of rotatable bonds is 8. The molecule has 1 heterocycles. The fraction of sp³-hybridized carbons (Fsp3) is 0.538. The molecule has 1 atom stereocenters. The van der Waals surface area contributed by atoms with E-state index in [4.69, 9.17) is 5.11 Å². The Kier molecular flexibility index (Phi) is 6.09. The maximum Gasteiger partial charge on any atom is 0.308 e. The second kappa shape index (κ2) is 7.35. The van der Waals surface area contributed by atoms with Crippen LogP contribution in [-0.2, 0) is 21.2 Å². The molecule has 0 aromatic carbocycles. The summed E-state index contributed by atoms with van der Waals surface area (Å²) in [6, 6.07) is 3.51. The van der Waals surface area contributed by atoms with Gasteiger partial charge in [0.1, 0.15) is 0 Å². The first kappa shape index (κ1) is 16.6. The quantitative estimate of drug-likeness (QED) is 0.743. The van der Waals surface area contributed by atoms with E-state index in [1.165, 1.54) is 0 Å². The van der Waals surface area contributed by atoms with Gasteiger partial charge in [0.15, 0.2) is 0 Å². The summed E-state index contributed by atoms with van der Waals surface area (Å²) in [5.41, 5.74) is 0.879. The first-order chi connectivity index (χ1) is 9.32. The highest BCUT2D eigenvalue weighted by atomic mass is 32.2. The van der Waals surface area contributed by atoms with Crippen LogP contribution in [0.5, 0.6) is 0 Å². The molecule has 0 radical (unpaired) electrons. The fourth-order valence-corrected chi connectivity index (χ4v) is 2.78. The average molecular weight is 300 g/mol. The molecule has 2 N–H and O–H groups in total. The first-order valence-corrected chi connectivity index (χ1v) is 8.06. The van der Waals surface area contributed by atoms with Crippen LogP contribution in [0.3, 0.4) is 0 Å². The van der Waals surface area contributed by atoms with Gasteiger partial charge >= 0.3 is 5.97 Å². The predicted molar refractivity (Wildman–Crippen MR) is 75.7 cm³/mol. The van der Waals surface area contributed by atoms with Gasteiger partial charge in [0.25, 0.3) is 0 Å². The zero-order valence-electron chi connectivity index (χ0n) is 11.6. The Morgan fingerprint density at radius 1 is 1.35 bits per heavy atom. The third kappa shape index (κ3) is 5.66. The molecule has 0 amide bonds. The van der Waals surface area contributed by atoms with Gasteiger partial charge in [-0.05, 0) is 30.0 Å². The van der Waals surface area contributed by atoms with E-state index in [1.807, 2.05) is 0 Å². The minimum absolute atomic E-state index is 0.0680. The molecule has 1 unspecified atom stereocenters. The van der Waals surface area contributed by atoms with Crippen LogP contribution in [-0.4, -0.2) is 36.8 Å². The molecule has 112 valence electrons. The Balaban J connectivity index is 2.51. The van der Waals surface area contributed by atoms with Gasteiger partial charge in [-0.2, -0.15) is 0 Å². The van der Waals surface area contributed by atoms with Crippen molar-refractivity contribution in [3.05, 3.63) is 30.1 Å². The standard InChI is InChI=1S/C13H20N2O4S/c1-10(2)12(13(16)17)9-15-20(18,19)8-5-11-3-6-14-7-4-11/h3-4,6-7,10,12,15H,5,8-9H2,1-2H3,(H,16,17). The summed E-state index contributed by atoms with van der Waals surface area (Å²) < 4.78 is 26.0. The van der Waals surface area contributed by atoms with Crippen molar-refractivity contribution in [2.45, 2.75) is 20.3 Å². The van der Waals surface area contributed by atoms with E-state index < -0.39 is 21.9 Å². The van der Waals surface area contributed by atoms with Crippen LogP contribution in [0.4, 0.5) is 0 Å². The van der Waals surface area contributed by atoms with E-state index in [-0.39, 0.29) is 18.2 Å². The molecule has 0 aliphatic heterocycles. The van der Waals surface area contributed by atoms with E-state index in [1.54, 1.807) is 38.4 Å². The van der Waals surface area contributed by atoms with Crippen molar-refractivity contribution < 1.29 is 18.3 Å². The number of carbonyl (C=O) groups is 1. The van der Waals surface area contributed by atoms with E-state index in [2.05, 4.69) is 9.71 Å². The van der Waals surface area contributed by atoms with Crippen molar-refractivity contribution in [1.82, 2.24) is 9.71 Å². The number of nitrogens with one attached hydrogen (secondary N) is 1. The van der Waals surface area contributed by atoms with Gasteiger partial charge in [-0.1, -0.05) is 13.8 Å². The molecule has 1 aromatic heterocycles. The topological polar surface area (TPSA) is 96.4 Å². The number of hydrogen-bond donors (Lipinski definition) is 2. The molecule has 1 aromatic rings.